The third-order valence-corrected chi connectivity index (χ3v) is 12.5. The van der Waals surface area contributed by atoms with Gasteiger partial charge in [0.2, 0.25) is 23.6 Å². The molecule has 3 fully saturated rings. The van der Waals surface area contributed by atoms with E-state index >= 15 is 9.18 Å². The van der Waals surface area contributed by atoms with E-state index in [1.165, 1.54) is 17.0 Å². The first-order valence-electron chi connectivity index (χ1n) is 19.0. The van der Waals surface area contributed by atoms with Crippen molar-refractivity contribution in [3.8, 4) is 5.75 Å². The number of halogens is 2. The molecule has 2 saturated heterocycles. The molecule has 1 saturated carbocycles. The molecule has 10 nitrogen and oxygen atoms in total. The van der Waals surface area contributed by atoms with Gasteiger partial charge in [-0.15, -0.1) is 0 Å². The third kappa shape index (κ3) is 5.67. The minimum Gasteiger partial charge on any atom is -0.505 e. The summed E-state index contributed by atoms with van der Waals surface area (Å²) >= 11 is 6.39. The van der Waals surface area contributed by atoms with Crippen molar-refractivity contribution < 1.29 is 28.7 Å². The summed E-state index contributed by atoms with van der Waals surface area (Å²) in [7, 11) is 3.91. The van der Waals surface area contributed by atoms with E-state index in [9.17, 15) is 19.5 Å². The molecule has 2 aliphatic carbocycles. The maximum absolute atomic E-state index is 15.4. The Labute approximate surface area is 338 Å². The van der Waals surface area contributed by atoms with Gasteiger partial charge in [-0.25, -0.2) is 9.29 Å². The average molecular weight is 794 g/mol. The van der Waals surface area contributed by atoms with Crippen LogP contribution in [0, 0.1) is 29.5 Å². The van der Waals surface area contributed by atoms with E-state index in [-0.39, 0.29) is 30.0 Å². The standard InChI is InChI=1S/C46H37ClFN5O5/c1-51(2)30-18-14-28(15-19-30)49-50-29-16-20-31(21-17-29)52-42(55)34-23-22-33-36(39(34)44(52)57)25-37-43(56)53(32-11-6-10-27(47)24-32)45(58)46(37,26-8-4-3-5-9-26)40(33)35-12-7-13-38(48)41(35)54/h3-22,24,34,36-37,39-40,54H,23,25H2,1-2H3. The third-order valence-electron chi connectivity index (χ3n) is 12.3. The summed E-state index contributed by atoms with van der Waals surface area (Å²) in [5, 5.41) is 20.4. The van der Waals surface area contributed by atoms with Crippen molar-refractivity contribution in [2.24, 2.45) is 33.9 Å². The average Bonchev–Trinajstić information content (AvgIpc) is 3.62. The number of nitrogens with zero attached hydrogens (tertiary/aromatic N) is 5. The fraction of sp³-hybridized carbons (Fsp3) is 0.217. The number of hydrogen-bond donors (Lipinski definition) is 1. The van der Waals surface area contributed by atoms with Crippen LogP contribution in [0.3, 0.4) is 0 Å². The summed E-state index contributed by atoms with van der Waals surface area (Å²) in [4.78, 5) is 63.5. The van der Waals surface area contributed by atoms with Crippen molar-refractivity contribution in [2.75, 3.05) is 28.8 Å². The van der Waals surface area contributed by atoms with Crippen LogP contribution in [0.4, 0.5) is 32.8 Å². The molecule has 5 aromatic rings. The highest BCUT2D eigenvalue weighted by Crippen LogP contribution is 2.65. The first-order chi connectivity index (χ1) is 28.0. The monoisotopic (exact) mass is 793 g/mol. The van der Waals surface area contributed by atoms with Crippen LogP contribution in [0.15, 0.2) is 143 Å². The van der Waals surface area contributed by atoms with E-state index in [0.717, 1.165) is 16.7 Å². The largest absolute Gasteiger partial charge is 0.505 e. The van der Waals surface area contributed by atoms with Crippen molar-refractivity contribution in [1.29, 1.82) is 0 Å². The Balaban J connectivity index is 1.12. The highest BCUT2D eigenvalue weighted by molar-refractivity contribution is 6.32. The second-order valence-corrected chi connectivity index (χ2v) is 15.8. The summed E-state index contributed by atoms with van der Waals surface area (Å²) in [5.74, 6) is -7.86. The molecule has 0 bridgehead atoms. The zero-order valence-corrected chi connectivity index (χ0v) is 32.3. The van der Waals surface area contributed by atoms with Gasteiger partial charge in [-0.3, -0.25) is 24.1 Å². The summed E-state index contributed by atoms with van der Waals surface area (Å²) in [5.41, 5.74) is 2.44. The lowest BCUT2D eigenvalue weighted by atomic mass is 9.49. The number of azo groups is 1. The number of fused-ring (bicyclic) bond motifs is 4. The molecule has 4 aliphatic rings. The van der Waals surface area contributed by atoms with Gasteiger partial charge in [-0.2, -0.15) is 10.2 Å². The SMILES string of the molecule is CN(C)c1ccc(N=Nc2ccc(N3C(=O)C4CC=C5C(CC6C(=O)N(c7cccc(Cl)c7)C(=O)C6(c6ccccc6)C5c5cccc(F)c5O)C4C3=O)cc2)cc1. The zero-order valence-electron chi connectivity index (χ0n) is 31.5. The van der Waals surface area contributed by atoms with E-state index < -0.39 is 64.3 Å². The van der Waals surface area contributed by atoms with E-state index in [4.69, 9.17) is 11.6 Å². The fourth-order valence-corrected chi connectivity index (χ4v) is 9.89. The number of phenols is 1. The van der Waals surface area contributed by atoms with Crippen molar-refractivity contribution in [3.05, 3.63) is 155 Å². The van der Waals surface area contributed by atoms with Gasteiger partial charge in [-0.1, -0.05) is 71.8 Å². The second-order valence-electron chi connectivity index (χ2n) is 15.4. The summed E-state index contributed by atoms with van der Waals surface area (Å²) in [6.45, 7) is 0. The first-order valence-corrected chi connectivity index (χ1v) is 19.4. The second kappa shape index (κ2) is 14.2. The van der Waals surface area contributed by atoms with Gasteiger partial charge in [-0.05, 0) is 97.1 Å². The number of phenolic OH excluding ortho intramolecular Hbond substituents is 1. The molecule has 290 valence electrons. The molecule has 12 heteroatoms. The molecule has 6 unspecified atom stereocenters. The summed E-state index contributed by atoms with van der Waals surface area (Å²) in [6, 6.07) is 33.8. The number of amides is 4. The molecular weight excluding hydrogens is 757 g/mol. The van der Waals surface area contributed by atoms with Crippen molar-refractivity contribution in [3.63, 3.8) is 0 Å². The van der Waals surface area contributed by atoms with Crippen LogP contribution >= 0.6 is 11.6 Å². The predicted octanol–water partition coefficient (Wildman–Crippen LogP) is 9.03. The number of rotatable bonds is 7. The van der Waals surface area contributed by atoms with Crippen LogP contribution in [0.25, 0.3) is 0 Å². The molecule has 2 aliphatic heterocycles. The Hall–Kier alpha value is -6.46. The normalized spacial score (nSPS) is 25.2. The van der Waals surface area contributed by atoms with Gasteiger partial charge in [0.25, 0.3) is 0 Å². The minimum atomic E-state index is -1.65. The maximum atomic E-state index is 15.4. The Kier molecular flexibility index (Phi) is 9.08. The highest BCUT2D eigenvalue weighted by Gasteiger charge is 2.70. The maximum Gasteiger partial charge on any atom is 0.246 e. The van der Waals surface area contributed by atoms with Crippen LogP contribution in [0.1, 0.15) is 29.9 Å². The molecule has 1 N–H and O–H groups in total. The van der Waals surface area contributed by atoms with E-state index in [1.54, 1.807) is 78.9 Å². The molecule has 0 spiro atoms. The molecule has 2 heterocycles. The number of allylic oxidation sites excluding steroid dienone is 2. The van der Waals surface area contributed by atoms with Crippen LogP contribution in [0.5, 0.6) is 5.75 Å². The van der Waals surface area contributed by atoms with Crippen LogP contribution in [0.2, 0.25) is 5.02 Å². The zero-order chi connectivity index (χ0) is 40.5. The van der Waals surface area contributed by atoms with E-state index in [1.807, 2.05) is 49.3 Å². The molecular formula is C46H37ClFN5O5. The summed E-state index contributed by atoms with van der Waals surface area (Å²) in [6.07, 6.45) is 2.08. The van der Waals surface area contributed by atoms with Gasteiger partial charge in [0.05, 0.1) is 45.9 Å². The first kappa shape index (κ1) is 37.1. The predicted molar refractivity (Wildman–Crippen MR) is 218 cm³/mol. The number of carbonyl (C=O) groups is 4. The fourth-order valence-electron chi connectivity index (χ4n) is 9.71. The van der Waals surface area contributed by atoms with Crippen molar-refractivity contribution in [1.82, 2.24) is 0 Å². The van der Waals surface area contributed by atoms with Crippen LogP contribution in [-0.2, 0) is 24.6 Å². The topological polar surface area (TPSA) is 123 Å². The molecule has 4 amide bonds. The quantitative estimate of drug-likeness (QED) is 0.0997. The van der Waals surface area contributed by atoms with Gasteiger partial charge in [0, 0.05) is 36.3 Å². The lowest BCUT2D eigenvalue weighted by Crippen LogP contribution is -2.53. The van der Waals surface area contributed by atoms with Crippen molar-refractivity contribution in [2.45, 2.75) is 24.2 Å². The van der Waals surface area contributed by atoms with Gasteiger partial charge >= 0.3 is 0 Å². The van der Waals surface area contributed by atoms with Gasteiger partial charge in [0.1, 0.15) is 0 Å². The molecule has 0 aromatic heterocycles. The van der Waals surface area contributed by atoms with Crippen molar-refractivity contribution >= 4 is 63.7 Å². The number of carbonyl (C=O) groups excluding carboxylic acids is 4. The lowest BCUT2D eigenvalue weighted by Gasteiger charge is -2.50. The lowest BCUT2D eigenvalue weighted by molar-refractivity contribution is -0.127. The minimum absolute atomic E-state index is 0.0534. The van der Waals surface area contributed by atoms with E-state index in [2.05, 4.69) is 10.2 Å². The number of imide groups is 2. The van der Waals surface area contributed by atoms with Gasteiger partial charge < -0.3 is 10.0 Å². The molecule has 5 aromatic carbocycles. The number of para-hydroxylation sites is 1. The molecule has 6 atom stereocenters. The number of benzene rings is 5. The Morgan fingerprint density at radius 3 is 2.09 bits per heavy atom. The number of anilines is 3. The van der Waals surface area contributed by atoms with Gasteiger partial charge in [0.15, 0.2) is 11.6 Å². The smallest absolute Gasteiger partial charge is 0.246 e. The Bertz CT molecular complexity index is 2560. The van der Waals surface area contributed by atoms with Crippen LogP contribution < -0.4 is 14.7 Å². The number of hydrogen-bond acceptors (Lipinski definition) is 8. The summed E-state index contributed by atoms with van der Waals surface area (Å²) < 4.78 is 15.4. The Morgan fingerprint density at radius 1 is 0.741 bits per heavy atom. The molecule has 9 rings (SSSR count). The van der Waals surface area contributed by atoms with E-state index in [0.29, 0.717) is 33.2 Å². The Morgan fingerprint density at radius 2 is 1.41 bits per heavy atom. The number of aromatic hydroxyl groups is 1. The molecule has 0 radical (unpaired) electrons. The highest BCUT2D eigenvalue weighted by atomic mass is 35.5. The van der Waals surface area contributed by atoms with Crippen LogP contribution in [-0.4, -0.2) is 42.8 Å². The molecule has 58 heavy (non-hydrogen) atoms.